The molecule has 0 radical (unpaired) electrons. The van der Waals surface area contributed by atoms with Gasteiger partial charge in [0.05, 0.1) is 6.42 Å². The molecular formula is C27H33N3O5. The highest BCUT2D eigenvalue weighted by Gasteiger charge is 2.31. The molecule has 1 aliphatic carbocycles. The number of hydrogen-bond acceptors (Lipinski definition) is 5. The second-order valence-electron chi connectivity index (χ2n) is 9.12. The average molecular weight is 480 g/mol. The number of rotatable bonds is 9. The zero-order valence-corrected chi connectivity index (χ0v) is 20.1. The number of nitrogens with one attached hydrogen (secondary N) is 1. The second kappa shape index (κ2) is 11.4. The number of nitrogens with zero attached hydrogens (tertiary/aromatic N) is 2. The van der Waals surface area contributed by atoms with Gasteiger partial charge in [-0.25, -0.2) is 4.79 Å². The largest absolute Gasteiger partial charge is 0.481 e. The van der Waals surface area contributed by atoms with Crippen molar-refractivity contribution in [2.75, 3.05) is 39.3 Å². The van der Waals surface area contributed by atoms with Gasteiger partial charge in [0, 0.05) is 38.6 Å². The summed E-state index contributed by atoms with van der Waals surface area (Å²) in [6.45, 7) is 4.95. The quantitative estimate of drug-likeness (QED) is 0.573. The van der Waals surface area contributed by atoms with Crippen LogP contribution in [0.25, 0.3) is 11.1 Å². The Morgan fingerprint density at radius 1 is 1.00 bits per heavy atom. The van der Waals surface area contributed by atoms with Crippen molar-refractivity contribution in [3.8, 4) is 11.1 Å². The average Bonchev–Trinajstić information content (AvgIpc) is 3.19. The van der Waals surface area contributed by atoms with E-state index < -0.39 is 18.1 Å². The molecule has 2 aromatic carbocycles. The van der Waals surface area contributed by atoms with E-state index in [0.717, 1.165) is 17.5 Å². The van der Waals surface area contributed by atoms with E-state index in [1.165, 1.54) is 11.1 Å². The minimum absolute atomic E-state index is 0.0349. The fraction of sp³-hybridized carbons (Fsp3) is 0.444. The van der Waals surface area contributed by atoms with E-state index in [9.17, 15) is 14.4 Å². The summed E-state index contributed by atoms with van der Waals surface area (Å²) < 4.78 is 5.64. The summed E-state index contributed by atoms with van der Waals surface area (Å²) in [7, 11) is 0. The Labute approximate surface area is 205 Å². The van der Waals surface area contributed by atoms with Crippen molar-refractivity contribution in [1.29, 1.82) is 0 Å². The predicted molar refractivity (Wildman–Crippen MR) is 132 cm³/mol. The summed E-state index contributed by atoms with van der Waals surface area (Å²) >= 11 is 0. The number of carbonyl (C=O) groups excluding carboxylic acids is 2. The normalized spacial score (nSPS) is 16.3. The molecule has 1 saturated heterocycles. The van der Waals surface area contributed by atoms with Crippen molar-refractivity contribution in [3.05, 3.63) is 59.7 Å². The van der Waals surface area contributed by atoms with E-state index in [1.807, 2.05) is 36.1 Å². The number of carbonyl (C=O) groups is 3. The number of carboxylic acid groups (broad SMARTS) is 1. The van der Waals surface area contributed by atoms with Crippen LogP contribution in [-0.2, 0) is 14.3 Å². The van der Waals surface area contributed by atoms with Crippen molar-refractivity contribution in [2.45, 2.75) is 38.1 Å². The number of ether oxygens (including phenoxy) is 1. The van der Waals surface area contributed by atoms with Crippen LogP contribution in [0.3, 0.4) is 0 Å². The van der Waals surface area contributed by atoms with Crippen LogP contribution in [0, 0.1) is 0 Å². The molecule has 8 heteroatoms. The topological polar surface area (TPSA) is 99.2 Å². The first kappa shape index (κ1) is 24.7. The maximum absolute atomic E-state index is 13.1. The van der Waals surface area contributed by atoms with Crippen LogP contribution >= 0.6 is 0 Å². The lowest BCUT2D eigenvalue weighted by Gasteiger charge is -2.36. The molecule has 4 rings (SSSR count). The zero-order chi connectivity index (χ0) is 24.8. The van der Waals surface area contributed by atoms with Gasteiger partial charge in [-0.3, -0.25) is 14.5 Å². The van der Waals surface area contributed by atoms with Crippen molar-refractivity contribution in [3.63, 3.8) is 0 Å². The monoisotopic (exact) mass is 479 g/mol. The Morgan fingerprint density at radius 3 is 2.17 bits per heavy atom. The molecule has 1 heterocycles. The minimum Gasteiger partial charge on any atom is -0.481 e. The number of piperazine rings is 1. The van der Waals surface area contributed by atoms with Crippen molar-refractivity contribution >= 4 is 18.0 Å². The lowest BCUT2D eigenvalue weighted by atomic mass is 9.98. The summed E-state index contributed by atoms with van der Waals surface area (Å²) in [4.78, 5) is 40.4. The van der Waals surface area contributed by atoms with Gasteiger partial charge in [-0.1, -0.05) is 61.9 Å². The molecule has 2 N–H and O–H groups in total. The van der Waals surface area contributed by atoms with Crippen LogP contribution in [-0.4, -0.2) is 78.2 Å². The molecule has 0 spiro atoms. The lowest BCUT2D eigenvalue weighted by Crippen LogP contribution is -2.55. The van der Waals surface area contributed by atoms with Crippen LogP contribution in [0.2, 0.25) is 0 Å². The third-order valence-corrected chi connectivity index (χ3v) is 6.84. The first-order valence-electron chi connectivity index (χ1n) is 12.3. The van der Waals surface area contributed by atoms with Crippen LogP contribution in [0.4, 0.5) is 4.79 Å². The molecule has 0 saturated carbocycles. The molecular weight excluding hydrogens is 446 g/mol. The number of fused-ring (bicyclic) bond motifs is 3. The minimum atomic E-state index is -0.821. The summed E-state index contributed by atoms with van der Waals surface area (Å²) in [6.07, 6.45) is 0.787. The molecule has 35 heavy (non-hydrogen) atoms. The standard InChI is InChI=1S/C27H33N3O5/c1-2-7-24(26(33)30-16-14-29(15-17-30)13-12-25(31)32)28-27(34)35-18-23-21-10-5-3-8-19(21)20-9-4-6-11-22(20)23/h3-6,8-11,23-24H,2,7,12-18H2,1H3,(H,28,34)(H,31,32). The molecule has 0 aromatic heterocycles. The number of benzene rings is 2. The number of hydrogen-bond donors (Lipinski definition) is 2. The molecule has 1 fully saturated rings. The lowest BCUT2D eigenvalue weighted by molar-refractivity contribution is -0.139. The van der Waals surface area contributed by atoms with Crippen LogP contribution in [0.5, 0.6) is 0 Å². The van der Waals surface area contributed by atoms with Crippen molar-refractivity contribution in [2.24, 2.45) is 0 Å². The summed E-state index contributed by atoms with van der Waals surface area (Å²) in [5.41, 5.74) is 4.61. The maximum atomic E-state index is 13.1. The van der Waals surface area contributed by atoms with Gasteiger partial charge in [-0.2, -0.15) is 0 Å². The van der Waals surface area contributed by atoms with Crippen molar-refractivity contribution in [1.82, 2.24) is 15.1 Å². The Kier molecular flexibility index (Phi) is 8.02. The van der Waals surface area contributed by atoms with E-state index in [0.29, 0.717) is 39.1 Å². The molecule has 8 nitrogen and oxygen atoms in total. The van der Waals surface area contributed by atoms with Gasteiger partial charge in [0.15, 0.2) is 0 Å². The molecule has 186 valence electrons. The molecule has 1 aliphatic heterocycles. The van der Waals surface area contributed by atoms with E-state index in [4.69, 9.17) is 9.84 Å². The van der Waals surface area contributed by atoms with Gasteiger partial charge in [0.2, 0.25) is 5.91 Å². The van der Waals surface area contributed by atoms with E-state index >= 15 is 0 Å². The van der Waals surface area contributed by atoms with E-state index in [1.54, 1.807) is 4.90 Å². The summed E-state index contributed by atoms with van der Waals surface area (Å²) in [6, 6.07) is 15.7. The summed E-state index contributed by atoms with van der Waals surface area (Å²) in [5.74, 6) is -0.968. The third-order valence-electron chi connectivity index (χ3n) is 6.84. The number of alkyl carbamates (subject to hydrolysis) is 1. The zero-order valence-electron chi connectivity index (χ0n) is 20.1. The molecule has 1 atom stereocenters. The van der Waals surface area contributed by atoms with E-state index in [-0.39, 0.29) is 24.9 Å². The first-order valence-corrected chi connectivity index (χ1v) is 12.3. The Balaban J connectivity index is 1.33. The molecule has 1 unspecified atom stereocenters. The fourth-order valence-corrected chi connectivity index (χ4v) is 4.99. The van der Waals surface area contributed by atoms with Gasteiger partial charge in [-0.15, -0.1) is 0 Å². The Morgan fingerprint density at radius 2 is 1.60 bits per heavy atom. The van der Waals surface area contributed by atoms with Gasteiger partial charge in [0.25, 0.3) is 0 Å². The highest BCUT2D eigenvalue weighted by atomic mass is 16.5. The SMILES string of the molecule is CCCC(NC(=O)OCC1c2ccccc2-c2ccccc21)C(=O)N1CCN(CCC(=O)O)CC1. The number of aliphatic carboxylic acids is 1. The highest BCUT2D eigenvalue weighted by molar-refractivity contribution is 5.86. The summed E-state index contributed by atoms with van der Waals surface area (Å²) in [5, 5.41) is 11.7. The third kappa shape index (κ3) is 5.82. The Hall–Kier alpha value is -3.39. The molecule has 2 aromatic rings. The van der Waals surface area contributed by atoms with Crippen LogP contribution < -0.4 is 5.32 Å². The first-order chi connectivity index (χ1) is 17.0. The maximum Gasteiger partial charge on any atom is 0.407 e. The molecule has 0 bridgehead atoms. The fourth-order valence-electron chi connectivity index (χ4n) is 4.99. The molecule has 2 aliphatic rings. The van der Waals surface area contributed by atoms with Gasteiger partial charge in [-0.05, 0) is 28.7 Å². The van der Waals surface area contributed by atoms with Crippen LogP contribution in [0.15, 0.2) is 48.5 Å². The second-order valence-corrected chi connectivity index (χ2v) is 9.12. The van der Waals surface area contributed by atoms with Gasteiger partial charge < -0.3 is 20.1 Å². The molecule has 2 amide bonds. The highest BCUT2D eigenvalue weighted by Crippen LogP contribution is 2.44. The number of amides is 2. The van der Waals surface area contributed by atoms with Gasteiger partial charge >= 0.3 is 12.1 Å². The van der Waals surface area contributed by atoms with Crippen molar-refractivity contribution < 1.29 is 24.2 Å². The smallest absolute Gasteiger partial charge is 0.407 e. The Bertz CT molecular complexity index is 1020. The predicted octanol–water partition coefficient (Wildman–Crippen LogP) is 3.31. The number of carboxylic acids is 1. The van der Waals surface area contributed by atoms with Gasteiger partial charge in [0.1, 0.15) is 12.6 Å². The van der Waals surface area contributed by atoms with Crippen LogP contribution in [0.1, 0.15) is 43.2 Å². The van der Waals surface area contributed by atoms with E-state index in [2.05, 4.69) is 29.6 Å².